The molecule has 0 bridgehead atoms. The number of nitrogens with zero attached hydrogens (tertiary/aromatic N) is 1. The molecule has 1 atom stereocenters. The van der Waals surface area contributed by atoms with Crippen molar-refractivity contribution in [1.82, 2.24) is 15.3 Å². The topological polar surface area (TPSA) is 69.8 Å². The van der Waals surface area contributed by atoms with Crippen LogP contribution in [0.4, 0.5) is 5.69 Å². The molecule has 1 heterocycles. The first-order valence-electron chi connectivity index (χ1n) is 6.84. The Morgan fingerprint density at radius 3 is 2.70 bits per heavy atom. The van der Waals surface area contributed by atoms with Crippen molar-refractivity contribution in [2.24, 2.45) is 0 Å². The highest BCUT2D eigenvalue weighted by atomic mass is 16.1. The van der Waals surface area contributed by atoms with Crippen molar-refractivity contribution >= 4 is 11.6 Å². The Morgan fingerprint density at radius 2 is 2.10 bits per heavy atom. The number of nitrogens with one attached hydrogen (secondary N) is 3. The van der Waals surface area contributed by atoms with Gasteiger partial charge in [0.1, 0.15) is 5.82 Å². The van der Waals surface area contributed by atoms with Gasteiger partial charge in [0.15, 0.2) is 0 Å². The second-order valence-corrected chi connectivity index (χ2v) is 4.67. The number of hydrogen-bond donors (Lipinski definition) is 3. The number of aromatic amines is 1. The van der Waals surface area contributed by atoms with Crippen molar-refractivity contribution in [2.75, 3.05) is 11.9 Å². The van der Waals surface area contributed by atoms with Gasteiger partial charge in [-0.3, -0.25) is 4.79 Å². The zero-order chi connectivity index (χ0) is 14.4. The number of aromatic nitrogens is 2. The third kappa shape index (κ3) is 3.60. The van der Waals surface area contributed by atoms with Crippen LogP contribution in [0, 0.1) is 0 Å². The summed E-state index contributed by atoms with van der Waals surface area (Å²) in [5.41, 5.74) is 1.67. The van der Waals surface area contributed by atoms with Crippen molar-refractivity contribution < 1.29 is 4.79 Å². The molecule has 5 nitrogen and oxygen atoms in total. The molecule has 0 radical (unpaired) electrons. The fourth-order valence-corrected chi connectivity index (χ4v) is 1.87. The molecular weight excluding hydrogens is 252 g/mol. The summed E-state index contributed by atoms with van der Waals surface area (Å²) < 4.78 is 0. The quantitative estimate of drug-likeness (QED) is 0.757. The summed E-state index contributed by atoms with van der Waals surface area (Å²) in [5.74, 6) is 0.649. The molecule has 0 fully saturated rings. The Kier molecular flexibility index (Phi) is 4.76. The molecule has 1 unspecified atom stereocenters. The molecule has 1 amide bonds. The van der Waals surface area contributed by atoms with E-state index in [0.29, 0.717) is 5.56 Å². The van der Waals surface area contributed by atoms with Crippen LogP contribution >= 0.6 is 0 Å². The summed E-state index contributed by atoms with van der Waals surface area (Å²) in [6, 6.07) is 7.34. The second kappa shape index (κ2) is 6.75. The number of hydrogen-bond acceptors (Lipinski definition) is 3. The molecule has 2 rings (SSSR count). The number of carbonyl (C=O) groups excluding carboxylic acids is 1. The highest BCUT2D eigenvalue weighted by Gasteiger charge is 2.12. The maximum absolute atomic E-state index is 12.1. The first-order chi connectivity index (χ1) is 9.70. The van der Waals surface area contributed by atoms with Crippen LogP contribution in [0.5, 0.6) is 0 Å². The molecule has 1 aromatic carbocycles. The standard InChI is InChI=1S/C15H20N4O/c1-3-8-16-13-6-4-12(5-7-13)15(20)19-11(2)14-17-9-10-18-14/h4-7,9-11,16H,3,8H2,1-2H3,(H,17,18)(H,19,20). The van der Waals surface area contributed by atoms with Crippen molar-refractivity contribution in [2.45, 2.75) is 26.3 Å². The molecule has 0 aliphatic rings. The van der Waals surface area contributed by atoms with Crippen LogP contribution in [-0.4, -0.2) is 22.4 Å². The van der Waals surface area contributed by atoms with Crippen LogP contribution in [0.25, 0.3) is 0 Å². The highest BCUT2D eigenvalue weighted by molar-refractivity contribution is 5.94. The smallest absolute Gasteiger partial charge is 0.251 e. The fourth-order valence-electron chi connectivity index (χ4n) is 1.87. The van der Waals surface area contributed by atoms with Crippen LogP contribution in [0.1, 0.15) is 42.5 Å². The molecule has 3 N–H and O–H groups in total. The van der Waals surface area contributed by atoms with E-state index in [0.717, 1.165) is 24.5 Å². The van der Waals surface area contributed by atoms with E-state index in [1.807, 2.05) is 31.2 Å². The third-order valence-electron chi connectivity index (χ3n) is 3.00. The lowest BCUT2D eigenvalue weighted by Gasteiger charge is -2.12. The van der Waals surface area contributed by atoms with E-state index in [4.69, 9.17) is 0 Å². The van der Waals surface area contributed by atoms with Gasteiger partial charge < -0.3 is 15.6 Å². The molecule has 106 valence electrons. The molecule has 0 spiro atoms. The van der Waals surface area contributed by atoms with Crippen LogP contribution in [0.3, 0.4) is 0 Å². The van der Waals surface area contributed by atoms with Gasteiger partial charge >= 0.3 is 0 Å². The molecule has 2 aromatic rings. The van der Waals surface area contributed by atoms with E-state index >= 15 is 0 Å². The Morgan fingerprint density at radius 1 is 1.35 bits per heavy atom. The van der Waals surface area contributed by atoms with Crippen LogP contribution in [0.15, 0.2) is 36.7 Å². The molecule has 0 aliphatic heterocycles. The molecule has 20 heavy (non-hydrogen) atoms. The number of amides is 1. The van der Waals surface area contributed by atoms with E-state index in [1.54, 1.807) is 12.4 Å². The Hall–Kier alpha value is -2.30. The maximum atomic E-state index is 12.1. The summed E-state index contributed by atoms with van der Waals surface area (Å²) in [6.45, 7) is 4.94. The minimum Gasteiger partial charge on any atom is -0.385 e. The van der Waals surface area contributed by atoms with Gasteiger partial charge in [-0.2, -0.15) is 0 Å². The van der Waals surface area contributed by atoms with Crippen molar-refractivity contribution in [3.05, 3.63) is 48.0 Å². The lowest BCUT2D eigenvalue weighted by Crippen LogP contribution is -2.27. The summed E-state index contributed by atoms with van der Waals surface area (Å²) >= 11 is 0. The lowest BCUT2D eigenvalue weighted by molar-refractivity contribution is 0.0938. The van der Waals surface area contributed by atoms with Crippen LogP contribution in [0.2, 0.25) is 0 Å². The number of H-pyrrole nitrogens is 1. The zero-order valence-electron chi connectivity index (χ0n) is 11.8. The van der Waals surface area contributed by atoms with Gasteiger partial charge in [0.25, 0.3) is 5.91 Å². The number of carbonyl (C=O) groups is 1. The third-order valence-corrected chi connectivity index (χ3v) is 3.00. The molecule has 1 aromatic heterocycles. The van der Waals surface area contributed by atoms with Crippen molar-refractivity contribution in [3.63, 3.8) is 0 Å². The van der Waals surface area contributed by atoms with Gasteiger partial charge in [0.2, 0.25) is 0 Å². The maximum Gasteiger partial charge on any atom is 0.251 e. The van der Waals surface area contributed by atoms with Gasteiger partial charge in [-0.1, -0.05) is 6.92 Å². The summed E-state index contributed by atoms with van der Waals surface area (Å²) in [4.78, 5) is 19.2. The van der Waals surface area contributed by atoms with E-state index in [2.05, 4.69) is 27.5 Å². The first-order valence-corrected chi connectivity index (χ1v) is 6.84. The van der Waals surface area contributed by atoms with Crippen molar-refractivity contribution in [3.8, 4) is 0 Å². The second-order valence-electron chi connectivity index (χ2n) is 4.67. The molecule has 0 aliphatic carbocycles. The normalized spacial score (nSPS) is 11.9. The van der Waals surface area contributed by atoms with E-state index in [1.165, 1.54) is 0 Å². The predicted octanol–water partition coefficient (Wildman–Crippen LogP) is 2.72. The minimum absolute atomic E-state index is 0.101. The summed E-state index contributed by atoms with van der Waals surface area (Å²) in [5, 5.41) is 6.19. The highest BCUT2D eigenvalue weighted by Crippen LogP contribution is 2.11. The first kappa shape index (κ1) is 14.1. The Bertz CT molecular complexity index is 534. The number of imidazole rings is 1. The van der Waals surface area contributed by atoms with Crippen LogP contribution < -0.4 is 10.6 Å². The van der Waals surface area contributed by atoms with E-state index < -0.39 is 0 Å². The molecule has 5 heteroatoms. The number of benzene rings is 1. The fraction of sp³-hybridized carbons (Fsp3) is 0.333. The lowest BCUT2D eigenvalue weighted by atomic mass is 10.1. The summed E-state index contributed by atoms with van der Waals surface area (Å²) in [7, 11) is 0. The molecular formula is C15H20N4O. The SMILES string of the molecule is CCCNc1ccc(C(=O)NC(C)c2ncc[nH]2)cc1. The van der Waals surface area contributed by atoms with E-state index in [-0.39, 0.29) is 11.9 Å². The number of anilines is 1. The largest absolute Gasteiger partial charge is 0.385 e. The van der Waals surface area contributed by atoms with Crippen LogP contribution in [-0.2, 0) is 0 Å². The minimum atomic E-state index is -0.143. The average molecular weight is 272 g/mol. The van der Waals surface area contributed by atoms with Gasteiger partial charge in [-0.15, -0.1) is 0 Å². The average Bonchev–Trinajstić information content (AvgIpc) is 3.00. The van der Waals surface area contributed by atoms with Gasteiger partial charge in [0.05, 0.1) is 6.04 Å². The van der Waals surface area contributed by atoms with Gasteiger partial charge in [0, 0.05) is 30.2 Å². The van der Waals surface area contributed by atoms with Crippen molar-refractivity contribution in [1.29, 1.82) is 0 Å². The number of rotatable bonds is 6. The monoisotopic (exact) mass is 272 g/mol. The van der Waals surface area contributed by atoms with Gasteiger partial charge in [-0.05, 0) is 37.6 Å². The predicted molar refractivity (Wildman–Crippen MR) is 79.7 cm³/mol. The Labute approximate surface area is 118 Å². The molecule has 0 saturated heterocycles. The molecule has 0 saturated carbocycles. The van der Waals surface area contributed by atoms with Gasteiger partial charge in [-0.25, -0.2) is 4.98 Å². The summed E-state index contributed by atoms with van der Waals surface area (Å²) in [6.07, 6.45) is 4.49. The van der Waals surface area contributed by atoms with E-state index in [9.17, 15) is 4.79 Å². The Balaban J connectivity index is 1.95. The zero-order valence-corrected chi connectivity index (χ0v) is 11.8.